The molecule has 1 fully saturated rings. The summed E-state index contributed by atoms with van der Waals surface area (Å²) in [6.07, 6.45) is 0.501. The summed E-state index contributed by atoms with van der Waals surface area (Å²) >= 11 is 0. The molecule has 1 atom stereocenters. The Hall–Kier alpha value is 0.0700. The third kappa shape index (κ3) is 2.84. The molecule has 0 aromatic heterocycles. The van der Waals surface area contributed by atoms with Crippen molar-refractivity contribution in [3.05, 3.63) is 0 Å². The Kier molecular flexibility index (Phi) is 4.97. The van der Waals surface area contributed by atoms with Crippen molar-refractivity contribution < 1.29 is 13.5 Å². The smallest absolute Gasteiger partial charge is 0.265 e. The second kappa shape index (κ2) is 4.94. The van der Waals surface area contributed by atoms with E-state index in [4.69, 9.17) is 4.74 Å². The van der Waals surface area contributed by atoms with Crippen molar-refractivity contribution in [3.63, 3.8) is 0 Å². The third-order valence-corrected chi connectivity index (χ3v) is 2.00. The lowest BCUT2D eigenvalue weighted by molar-refractivity contribution is -0.0950. The Morgan fingerprint density at radius 2 is 2.25 bits per heavy atom. The van der Waals surface area contributed by atoms with Gasteiger partial charge in [0.25, 0.3) is 5.92 Å². The molecule has 0 unspecified atom stereocenters. The van der Waals surface area contributed by atoms with Gasteiger partial charge in [-0.15, -0.1) is 12.4 Å². The maximum Gasteiger partial charge on any atom is 0.265 e. The van der Waals surface area contributed by atoms with Crippen LogP contribution >= 0.6 is 12.4 Å². The van der Waals surface area contributed by atoms with Gasteiger partial charge >= 0.3 is 0 Å². The number of alkyl halides is 2. The highest BCUT2D eigenvalue weighted by Gasteiger charge is 2.41. The molecule has 1 aliphatic rings. The van der Waals surface area contributed by atoms with Gasteiger partial charge in [-0.1, -0.05) is 0 Å². The molecule has 0 aromatic carbocycles. The normalized spacial score (nSPS) is 27.8. The van der Waals surface area contributed by atoms with Crippen molar-refractivity contribution in [2.24, 2.45) is 5.92 Å². The monoisotopic (exact) mass is 201 g/mol. The minimum atomic E-state index is -2.59. The molecule has 1 heterocycles. The predicted molar refractivity (Wildman–Crippen MR) is 45.0 cm³/mol. The average molecular weight is 202 g/mol. The second-order valence-electron chi connectivity index (χ2n) is 2.88. The van der Waals surface area contributed by atoms with Gasteiger partial charge in [-0.3, -0.25) is 0 Å². The number of hydrogen-bond acceptors (Lipinski definition) is 2. The molecule has 0 bridgehead atoms. The molecule has 5 heteroatoms. The number of hydrogen-bond donors (Lipinski definition) is 1. The Labute approximate surface area is 77.1 Å². The van der Waals surface area contributed by atoms with Gasteiger partial charge in [-0.2, -0.15) is 0 Å². The molecule has 0 aliphatic carbocycles. The molecule has 0 radical (unpaired) electrons. The van der Waals surface area contributed by atoms with E-state index in [0.717, 1.165) is 0 Å². The van der Waals surface area contributed by atoms with Crippen LogP contribution in [0.1, 0.15) is 6.42 Å². The number of piperidine rings is 1. The van der Waals surface area contributed by atoms with Crippen LogP contribution in [0.2, 0.25) is 0 Å². The zero-order valence-corrected chi connectivity index (χ0v) is 7.79. The summed E-state index contributed by atoms with van der Waals surface area (Å²) < 4.78 is 30.5. The van der Waals surface area contributed by atoms with E-state index in [2.05, 4.69) is 5.32 Å². The summed E-state index contributed by atoms with van der Waals surface area (Å²) in [4.78, 5) is 0. The first-order chi connectivity index (χ1) is 5.17. The van der Waals surface area contributed by atoms with Crippen LogP contribution in [0.4, 0.5) is 8.78 Å². The van der Waals surface area contributed by atoms with Gasteiger partial charge in [0, 0.05) is 13.0 Å². The Morgan fingerprint density at radius 1 is 1.58 bits per heavy atom. The number of ether oxygens (including phenoxy) is 1. The maximum atomic E-state index is 12.9. The van der Waals surface area contributed by atoms with Gasteiger partial charge in [0.1, 0.15) is 0 Å². The number of halogens is 3. The Balaban J connectivity index is 0.00000121. The van der Waals surface area contributed by atoms with E-state index >= 15 is 0 Å². The summed E-state index contributed by atoms with van der Waals surface area (Å²) in [5.41, 5.74) is 0. The van der Waals surface area contributed by atoms with E-state index in [1.807, 2.05) is 0 Å². The molecule has 12 heavy (non-hydrogen) atoms. The molecule has 2 nitrogen and oxygen atoms in total. The fourth-order valence-electron chi connectivity index (χ4n) is 1.29. The predicted octanol–water partition coefficient (Wildman–Crippen LogP) is 1.30. The number of methoxy groups -OCH3 is 1. The quantitative estimate of drug-likeness (QED) is 0.727. The van der Waals surface area contributed by atoms with Gasteiger partial charge in [0.2, 0.25) is 0 Å². The van der Waals surface area contributed by atoms with Crippen LogP contribution in [0, 0.1) is 5.92 Å². The van der Waals surface area contributed by atoms with E-state index < -0.39 is 11.8 Å². The van der Waals surface area contributed by atoms with E-state index in [1.54, 1.807) is 0 Å². The molecule has 0 saturated carbocycles. The van der Waals surface area contributed by atoms with Crippen LogP contribution in [-0.2, 0) is 4.74 Å². The van der Waals surface area contributed by atoms with Crippen molar-refractivity contribution >= 4 is 12.4 Å². The van der Waals surface area contributed by atoms with Crippen LogP contribution < -0.4 is 5.32 Å². The van der Waals surface area contributed by atoms with E-state index in [0.29, 0.717) is 13.0 Å². The fraction of sp³-hybridized carbons (Fsp3) is 1.00. The van der Waals surface area contributed by atoms with E-state index in [9.17, 15) is 8.78 Å². The zero-order valence-electron chi connectivity index (χ0n) is 6.98. The molecule has 0 spiro atoms. The third-order valence-electron chi connectivity index (χ3n) is 2.00. The largest absolute Gasteiger partial charge is 0.384 e. The van der Waals surface area contributed by atoms with Gasteiger partial charge in [0.15, 0.2) is 0 Å². The first kappa shape index (κ1) is 12.1. The van der Waals surface area contributed by atoms with Gasteiger partial charge < -0.3 is 10.1 Å². The molecular formula is C7H14ClF2NO. The summed E-state index contributed by atoms with van der Waals surface area (Å²) in [6.45, 7) is 0.624. The maximum absolute atomic E-state index is 12.9. The van der Waals surface area contributed by atoms with Crippen molar-refractivity contribution in [2.45, 2.75) is 12.3 Å². The first-order valence-electron chi connectivity index (χ1n) is 3.74. The molecule has 0 amide bonds. The fourth-order valence-corrected chi connectivity index (χ4v) is 1.29. The lowest BCUT2D eigenvalue weighted by Crippen LogP contribution is -2.47. The molecule has 1 N–H and O–H groups in total. The Bertz CT molecular complexity index is 133. The van der Waals surface area contributed by atoms with E-state index in [-0.39, 0.29) is 25.6 Å². The van der Waals surface area contributed by atoms with Crippen LogP contribution in [-0.4, -0.2) is 32.7 Å². The van der Waals surface area contributed by atoms with Crippen LogP contribution in [0.15, 0.2) is 0 Å². The summed E-state index contributed by atoms with van der Waals surface area (Å²) in [7, 11) is 1.46. The van der Waals surface area contributed by atoms with Crippen LogP contribution in [0.3, 0.4) is 0 Å². The SMILES string of the molecule is COC[C@@H]1CCNCC1(F)F.Cl. The van der Waals surface area contributed by atoms with Crippen molar-refractivity contribution in [2.75, 3.05) is 26.8 Å². The Morgan fingerprint density at radius 3 is 2.75 bits per heavy atom. The van der Waals surface area contributed by atoms with E-state index in [1.165, 1.54) is 7.11 Å². The average Bonchev–Trinajstić information content (AvgIpc) is 1.94. The first-order valence-corrected chi connectivity index (χ1v) is 3.74. The van der Waals surface area contributed by atoms with Crippen molar-refractivity contribution in [3.8, 4) is 0 Å². The van der Waals surface area contributed by atoms with Crippen LogP contribution in [0.5, 0.6) is 0 Å². The topological polar surface area (TPSA) is 21.3 Å². The highest BCUT2D eigenvalue weighted by atomic mass is 35.5. The summed E-state index contributed by atoms with van der Waals surface area (Å²) in [6, 6.07) is 0. The van der Waals surface area contributed by atoms with Gasteiger partial charge in [-0.25, -0.2) is 8.78 Å². The second-order valence-corrected chi connectivity index (χ2v) is 2.88. The molecule has 74 valence electrons. The standard InChI is InChI=1S/C7H13F2NO.ClH/c1-11-4-6-2-3-10-5-7(6,8)9;/h6,10H,2-5H2,1H3;1H/t6-;/m0./s1. The molecule has 0 aromatic rings. The van der Waals surface area contributed by atoms with Crippen LogP contribution in [0.25, 0.3) is 0 Å². The summed E-state index contributed by atoms with van der Waals surface area (Å²) in [5.74, 6) is -3.19. The minimum Gasteiger partial charge on any atom is -0.384 e. The molecule has 1 aliphatic heterocycles. The summed E-state index contributed by atoms with van der Waals surface area (Å²) in [5, 5.41) is 2.66. The number of nitrogens with one attached hydrogen (secondary N) is 1. The molecule has 1 rings (SSSR count). The number of rotatable bonds is 2. The van der Waals surface area contributed by atoms with Crippen molar-refractivity contribution in [1.29, 1.82) is 0 Å². The molecule has 1 saturated heterocycles. The highest BCUT2D eigenvalue weighted by Crippen LogP contribution is 2.29. The van der Waals surface area contributed by atoms with Gasteiger partial charge in [0.05, 0.1) is 13.2 Å². The molecular weight excluding hydrogens is 188 g/mol. The highest BCUT2D eigenvalue weighted by molar-refractivity contribution is 5.85. The lowest BCUT2D eigenvalue weighted by Gasteiger charge is -2.31. The van der Waals surface area contributed by atoms with Gasteiger partial charge in [-0.05, 0) is 13.0 Å². The lowest BCUT2D eigenvalue weighted by atomic mass is 9.95. The van der Waals surface area contributed by atoms with Crippen molar-refractivity contribution in [1.82, 2.24) is 5.32 Å². The zero-order chi connectivity index (χ0) is 8.32. The minimum absolute atomic E-state index is 0.